The third-order valence-electron chi connectivity index (χ3n) is 3.46. The molecule has 0 bridgehead atoms. The van der Waals surface area contributed by atoms with Crippen molar-refractivity contribution in [2.45, 2.75) is 13.3 Å². The molecule has 2 aromatic rings. The van der Waals surface area contributed by atoms with Crippen LogP contribution in [-0.4, -0.2) is 25.1 Å². The zero-order chi connectivity index (χ0) is 15.2. The molecule has 5 heteroatoms. The van der Waals surface area contributed by atoms with Gasteiger partial charge in [-0.25, -0.2) is 4.98 Å². The summed E-state index contributed by atoms with van der Waals surface area (Å²) in [5, 5.41) is 3.35. The zero-order valence-corrected chi connectivity index (χ0v) is 14.0. The fourth-order valence-electron chi connectivity index (χ4n) is 2.05. The van der Waals surface area contributed by atoms with Gasteiger partial charge in [-0.1, -0.05) is 18.2 Å². The summed E-state index contributed by atoms with van der Waals surface area (Å²) in [6, 6.07) is 10.4. The Bertz CT molecular complexity index is 586. The zero-order valence-electron chi connectivity index (χ0n) is 12.4. The van der Waals surface area contributed by atoms with Crippen LogP contribution in [0.15, 0.2) is 41.0 Å². The molecule has 112 valence electrons. The van der Waals surface area contributed by atoms with Gasteiger partial charge < -0.3 is 16.0 Å². The van der Waals surface area contributed by atoms with Crippen molar-refractivity contribution in [3.8, 4) is 0 Å². The first-order valence-corrected chi connectivity index (χ1v) is 7.79. The minimum absolute atomic E-state index is 0.705. The highest BCUT2D eigenvalue weighted by Crippen LogP contribution is 2.27. The summed E-state index contributed by atoms with van der Waals surface area (Å²) in [5.41, 5.74) is 8.78. The van der Waals surface area contributed by atoms with E-state index in [9.17, 15) is 0 Å². The normalized spacial score (nSPS) is 10.4. The molecule has 3 N–H and O–H groups in total. The minimum Gasteiger partial charge on any atom is -0.397 e. The topological polar surface area (TPSA) is 54.2 Å². The van der Waals surface area contributed by atoms with Gasteiger partial charge in [0.2, 0.25) is 0 Å². The van der Waals surface area contributed by atoms with Gasteiger partial charge in [-0.05, 0) is 47.0 Å². The first-order valence-electron chi connectivity index (χ1n) is 7.00. The molecule has 0 saturated heterocycles. The second-order valence-corrected chi connectivity index (χ2v) is 5.83. The quantitative estimate of drug-likeness (QED) is 0.782. The van der Waals surface area contributed by atoms with Crippen LogP contribution in [0.3, 0.4) is 0 Å². The van der Waals surface area contributed by atoms with E-state index in [4.69, 9.17) is 5.73 Å². The van der Waals surface area contributed by atoms with E-state index in [1.54, 1.807) is 6.20 Å². The summed E-state index contributed by atoms with van der Waals surface area (Å²) in [7, 11) is 2.11. The van der Waals surface area contributed by atoms with Gasteiger partial charge in [-0.2, -0.15) is 0 Å². The van der Waals surface area contributed by atoms with E-state index in [1.165, 1.54) is 5.69 Å². The Kier molecular flexibility index (Phi) is 5.44. The van der Waals surface area contributed by atoms with Gasteiger partial charge in [0.25, 0.3) is 0 Å². The Balaban J connectivity index is 1.81. The monoisotopic (exact) mass is 348 g/mol. The van der Waals surface area contributed by atoms with E-state index in [-0.39, 0.29) is 0 Å². The molecule has 0 amide bonds. The summed E-state index contributed by atoms with van der Waals surface area (Å²) in [6.07, 6.45) is 2.72. The van der Waals surface area contributed by atoms with E-state index >= 15 is 0 Å². The third kappa shape index (κ3) is 4.11. The highest BCUT2D eigenvalue weighted by molar-refractivity contribution is 9.10. The molecule has 21 heavy (non-hydrogen) atoms. The van der Waals surface area contributed by atoms with Crippen molar-refractivity contribution < 1.29 is 0 Å². The lowest BCUT2D eigenvalue weighted by Crippen LogP contribution is -2.21. The van der Waals surface area contributed by atoms with Crippen LogP contribution < -0.4 is 16.0 Å². The molecule has 0 aliphatic rings. The number of nitrogens with one attached hydrogen (secondary N) is 1. The SMILES string of the molecule is Cc1c(N)cnc(NCCCN(C)c2ccccc2)c1Br. The lowest BCUT2D eigenvalue weighted by molar-refractivity contribution is 0.814. The van der Waals surface area contributed by atoms with Crippen LogP contribution in [0.5, 0.6) is 0 Å². The van der Waals surface area contributed by atoms with Gasteiger partial charge >= 0.3 is 0 Å². The van der Waals surface area contributed by atoms with Crippen molar-refractivity contribution in [3.05, 3.63) is 46.6 Å². The molecule has 0 saturated carbocycles. The summed E-state index contributed by atoms with van der Waals surface area (Å²) < 4.78 is 0.943. The number of aromatic nitrogens is 1. The molecule has 0 aliphatic heterocycles. The van der Waals surface area contributed by atoms with Crippen LogP contribution >= 0.6 is 15.9 Å². The van der Waals surface area contributed by atoms with Crippen LogP contribution in [0.4, 0.5) is 17.2 Å². The first-order chi connectivity index (χ1) is 10.1. The largest absolute Gasteiger partial charge is 0.397 e. The maximum absolute atomic E-state index is 5.82. The van der Waals surface area contributed by atoms with E-state index in [1.807, 2.05) is 13.0 Å². The summed E-state index contributed by atoms with van der Waals surface area (Å²) in [6.45, 7) is 3.84. The van der Waals surface area contributed by atoms with Crippen molar-refractivity contribution in [1.29, 1.82) is 0 Å². The number of rotatable bonds is 6. The summed E-state index contributed by atoms with van der Waals surface area (Å²) >= 11 is 3.53. The molecule has 0 spiro atoms. The van der Waals surface area contributed by atoms with Gasteiger partial charge in [0.1, 0.15) is 5.82 Å². The number of nitrogens with two attached hydrogens (primary N) is 1. The summed E-state index contributed by atoms with van der Waals surface area (Å²) in [5.74, 6) is 0.851. The first kappa shape index (κ1) is 15.6. The number of halogens is 1. The van der Waals surface area contributed by atoms with Crippen LogP contribution in [-0.2, 0) is 0 Å². The van der Waals surface area contributed by atoms with Crippen molar-refractivity contribution >= 4 is 33.1 Å². The average Bonchev–Trinajstić information content (AvgIpc) is 2.51. The number of pyridine rings is 1. The maximum Gasteiger partial charge on any atom is 0.140 e. The molecule has 0 aliphatic carbocycles. The van der Waals surface area contributed by atoms with Gasteiger partial charge in [-0.15, -0.1) is 0 Å². The fourth-order valence-corrected chi connectivity index (χ4v) is 2.52. The number of hydrogen-bond acceptors (Lipinski definition) is 4. The maximum atomic E-state index is 5.82. The number of hydrogen-bond donors (Lipinski definition) is 2. The Hall–Kier alpha value is -1.75. The van der Waals surface area contributed by atoms with E-state index < -0.39 is 0 Å². The molecule has 0 fully saturated rings. The molecule has 4 nitrogen and oxygen atoms in total. The second kappa shape index (κ2) is 7.31. The predicted octanol–water partition coefficient (Wildman–Crippen LogP) is 3.67. The number of benzene rings is 1. The number of nitrogens with zero attached hydrogens (tertiary/aromatic N) is 2. The molecule has 1 heterocycles. The predicted molar refractivity (Wildman–Crippen MR) is 93.9 cm³/mol. The van der Waals surface area contributed by atoms with E-state index in [0.29, 0.717) is 5.69 Å². The number of para-hydroxylation sites is 1. The molecule has 2 rings (SSSR count). The Morgan fingerprint density at radius 1 is 1.29 bits per heavy atom. The van der Waals surface area contributed by atoms with Crippen LogP contribution in [0, 0.1) is 6.92 Å². The van der Waals surface area contributed by atoms with Gasteiger partial charge in [0.15, 0.2) is 0 Å². The smallest absolute Gasteiger partial charge is 0.140 e. The third-order valence-corrected chi connectivity index (χ3v) is 4.43. The van der Waals surface area contributed by atoms with Crippen molar-refractivity contribution in [2.24, 2.45) is 0 Å². The molecule has 0 unspecified atom stereocenters. The Morgan fingerprint density at radius 3 is 2.71 bits per heavy atom. The van der Waals surface area contributed by atoms with Crippen molar-refractivity contribution in [2.75, 3.05) is 36.1 Å². The van der Waals surface area contributed by atoms with E-state index in [0.717, 1.165) is 35.4 Å². The van der Waals surface area contributed by atoms with Crippen LogP contribution in [0.2, 0.25) is 0 Å². The van der Waals surface area contributed by atoms with Crippen LogP contribution in [0.1, 0.15) is 12.0 Å². The van der Waals surface area contributed by atoms with Crippen LogP contribution in [0.25, 0.3) is 0 Å². The molecular weight excluding hydrogens is 328 g/mol. The Morgan fingerprint density at radius 2 is 2.00 bits per heavy atom. The molecule has 0 atom stereocenters. The lowest BCUT2D eigenvalue weighted by Gasteiger charge is -2.19. The number of anilines is 3. The van der Waals surface area contributed by atoms with Crippen molar-refractivity contribution in [3.63, 3.8) is 0 Å². The standard InChI is InChI=1S/C16H21BrN4/c1-12-14(18)11-20-16(15(12)17)19-9-6-10-21(2)13-7-4-3-5-8-13/h3-5,7-8,11H,6,9-10,18H2,1-2H3,(H,19,20). The second-order valence-electron chi connectivity index (χ2n) is 5.04. The lowest BCUT2D eigenvalue weighted by atomic mass is 10.2. The van der Waals surface area contributed by atoms with Gasteiger partial charge in [-0.3, -0.25) is 0 Å². The molecule has 0 radical (unpaired) electrons. The number of nitrogen functional groups attached to an aromatic ring is 1. The molecular formula is C16H21BrN4. The highest BCUT2D eigenvalue weighted by atomic mass is 79.9. The minimum atomic E-state index is 0.705. The van der Waals surface area contributed by atoms with Crippen molar-refractivity contribution in [1.82, 2.24) is 4.98 Å². The summed E-state index contributed by atoms with van der Waals surface area (Å²) in [4.78, 5) is 6.57. The fraction of sp³-hybridized carbons (Fsp3) is 0.312. The van der Waals surface area contributed by atoms with Gasteiger partial charge in [0, 0.05) is 25.8 Å². The Labute approximate surface area is 134 Å². The average molecular weight is 349 g/mol. The van der Waals surface area contributed by atoms with E-state index in [2.05, 4.69) is 62.4 Å². The molecule has 1 aromatic carbocycles. The highest BCUT2D eigenvalue weighted by Gasteiger charge is 2.07. The molecule has 1 aromatic heterocycles. The van der Waals surface area contributed by atoms with Gasteiger partial charge in [0.05, 0.1) is 16.4 Å².